The smallest absolute Gasteiger partial charge is 0.196 e. The number of guanidine groups is 1. The van der Waals surface area contributed by atoms with Gasteiger partial charge >= 0.3 is 0 Å². The van der Waals surface area contributed by atoms with E-state index in [4.69, 9.17) is 11.5 Å². The second-order valence-corrected chi connectivity index (χ2v) is 7.20. The molecule has 0 spiro atoms. The van der Waals surface area contributed by atoms with Crippen molar-refractivity contribution in [2.75, 3.05) is 18.4 Å². The van der Waals surface area contributed by atoms with Crippen molar-refractivity contribution in [3.63, 3.8) is 0 Å². The fourth-order valence-corrected chi connectivity index (χ4v) is 3.82. The fourth-order valence-electron chi connectivity index (χ4n) is 3.82. The van der Waals surface area contributed by atoms with Gasteiger partial charge in [-0.1, -0.05) is 0 Å². The van der Waals surface area contributed by atoms with Gasteiger partial charge < -0.3 is 16.4 Å². The maximum Gasteiger partial charge on any atom is 0.196 e. The summed E-state index contributed by atoms with van der Waals surface area (Å²) in [6.07, 6.45) is 6.25. The molecule has 1 saturated carbocycles. The summed E-state index contributed by atoms with van der Waals surface area (Å²) in [6, 6.07) is 2.35. The number of nitrogens with zero attached hydrogens (tertiary/aromatic N) is 4. The molecular formula is C16H23N9. The number of aromatic nitrogens is 4. The van der Waals surface area contributed by atoms with E-state index in [1.165, 1.54) is 12.8 Å². The summed E-state index contributed by atoms with van der Waals surface area (Å²) >= 11 is 0. The highest BCUT2D eigenvalue weighted by molar-refractivity contribution is 5.95. The van der Waals surface area contributed by atoms with Crippen LogP contribution in [-0.4, -0.2) is 39.0 Å². The van der Waals surface area contributed by atoms with Crippen molar-refractivity contribution in [2.45, 2.75) is 43.3 Å². The lowest BCUT2D eigenvalue weighted by Crippen LogP contribution is -2.44. The number of aromatic amines is 1. The summed E-state index contributed by atoms with van der Waals surface area (Å²) in [6.45, 7) is 1.97. The first-order chi connectivity index (χ1) is 12.1. The maximum atomic E-state index is 6.70. The Balaban J connectivity index is 1.56. The zero-order valence-corrected chi connectivity index (χ0v) is 14.0. The van der Waals surface area contributed by atoms with E-state index in [0.29, 0.717) is 23.6 Å². The van der Waals surface area contributed by atoms with Gasteiger partial charge in [0.1, 0.15) is 11.5 Å². The summed E-state index contributed by atoms with van der Waals surface area (Å²) < 4.78 is 2.01. The lowest BCUT2D eigenvalue weighted by Gasteiger charge is -2.31. The molecule has 1 atom stereocenters. The van der Waals surface area contributed by atoms with Crippen molar-refractivity contribution < 1.29 is 0 Å². The molecule has 4 heterocycles. The molecule has 3 aliphatic rings. The molecule has 0 radical (unpaired) electrons. The van der Waals surface area contributed by atoms with Gasteiger partial charge in [0.25, 0.3) is 0 Å². The van der Waals surface area contributed by atoms with Crippen molar-refractivity contribution in [1.82, 2.24) is 25.3 Å². The molecule has 0 amide bonds. The molecule has 9 nitrogen and oxygen atoms in total. The summed E-state index contributed by atoms with van der Waals surface area (Å²) in [4.78, 5) is 4.49. The summed E-state index contributed by atoms with van der Waals surface area (Å²) in [5, 5.41) is 18.7. The van der Waals surface area contributed by atoms with E-state index in [1.807, 2.05) is 10.7 Å². The molecule has 1 aliphatic carbocycles. The molecule has 1 unspecified atom stereocenters. The lowest BCUT2D eigenvalue weighted by atomic mass is 9.97. The number of H-pyrrole nitrogens is 1. The number of piperidine rings is 1. The number of nitrogens with two attached hydrogens (primary N) is 2. The number of aliphatic imine (C=N–C) groups is 1. The first kappa shape index (κ1) is 14.9. The second kappa shape index (κ2) is 5.30. The monoisotopic (exact) mass is 341 g/mol. The zero-order valence-electron chi connectivity index (χ0n) is 14.0. The molecule has 1 saturated heterocycles. The number of fused-ring (bicyclic) bond motifs is 1. The van der Waals surface area contributed by atoms with Crippen LogP contribution in [0.1, 0.15) is 54.6 Å². The van der Waals surface area contributed by atoms with Crippen LogP contribution in [0.25, 0.3) is 0 Å². The van der Waals surface area contributed by atoms with Crippen LogP contribution in [0.5, 0.6) is 0 Å². The van der Waals surface area contributed by atoms with Gasteiger partial charge in [-0.25, -0.2) is 9.67 Å². The molecule has 9 heteroatoms. The van der Waals surface area contributed by atoms with E-state index in [1.54, 1.807) is 6.20 Å². The number of hydrogen-bond acceptors (Lipinski definition) is 7. The average Bonchev–Trinajstić information content (AvgIpc) is 3.17. The number of anilines is 1. The maximum absolute atomic E-state index is 6.70. The van der Waals surface area contributed by atoms with Crippen LogP contribution >= 0.6 is 0 Å². The minimum Gasteiger partial charge on any atom is -0.370 e. The quantitative estimate of drug-likeness (QED) is 0.545. The summed E-state index contributed by atoms with van der Waals surface area (Å²) in [7, 11) is 0. The molecular weight excluding hydrogens is 318 g/mol. The van der Waals surface area contributed by atoms with E-state index in [9.17, 15) is 0 Å². The predicted molar refractivity (Wildman–Crippen MR) is 94.1 cm³/mol. The van der Waals surface area contributed by atoms with Gasteiger partial charge in [-0.15, -0.1) is 0 Å². The molecule has 132 valence electrons. The standard InChI is InChI=1S/C16H23N9/c17-15-21-14-11(8-20-25(14)10-3-5-19-6-4-10)16(18,22-15)13-7-12(23-24-13)9-1-2-9/h7-10,19H,1-6,18H2,(H,23,24)(H3,17,21,22). The zero-order chi connectivity index (χ0) is 17.0. The Kier molecular flexibility index (Phi) is 3.16. The first-order valence-electron chi connectivity index (χ1n) is 8.91. The Morgan fingerprint density at radius 1 is 1.20 bits per heavy atom. The van der Waals surface area contributed by atoms with E-state index in [-0.39, 0.29) is 0 Å². The molecule has 2 aliphatic heterocycles. The van der Waals surface area contributed by atoms with Gasteiger partial charge in [0.2, 0.25) is 0 Å². The van der Waals surface area contributed by atoms with Crippen molar-refractivity contribution in [2.24, 2.45) is 16.5 Å². The molecule has 0 aromatic carbocycles. The van der Waals surface area contributed by atoms with Crippen molar-refractivity contribution >= 4 is 11.8 Å². The number of hydrogen-bond donors (Lipinski definition) is 5. The Hall–Kier alpha value is -2.39. The summed E-state index contributed by atoms with van der Waals surface area (Å²) in [5.74, 6) is 1.70. The molecule has 5 rings (SSSR count). The van der Waals surface area contributed by atoms with E-state index in [0.717, 1.165) is 43.0 Å². The van der Waals surface area contributed by atoms with Gasteiger partial charge in [0.05, 0.1) is 17.8 Å². The third-order valence-electron chi connectivity index (χ3n) is 5.41. The third-order valence-corrected chi connectivity index (χ3v) is 5.41. The van der Waals surface area contributed by atoms with Crippen LogP contribution in [0, 0.1) is 0 Å². The van der Waals surface area contributed by atoms with Gasteiger partial charge in [-0.2, -0.15) is 10.2 Å². The Morgan fingerprint density at radius 3 is 2.76 bits per heavy atom. The van der Waals surface area contributed by atoms with E-state index >= 15 is 0 Å². The molecule has 2 aromatic heterocycles. The third kappa shape index (κ3) is 2.34. The average molecular weight is 341 g/mol. The van der Waals surface area contributed by atoms with Crippen LogP contribution in [0.3, 0.4) is 0 Å². The van der Waals surface area contributed by atoms with Crippen LogP contribution in [0.15, 0.2) is 17.3 Å². The SMILES string of the molecule is NC1=NC(N)(c2cc(C3CC3)[nH]n2)c2cnn(C3CCNCC3)c2N1. The Bertz CT molecular complexity index is 825. The van der Waals surface area contributed by atoms with Gasteiger partial charge in [-0.05, 0) is 44.8 Å². The molecule has 2 fully saturated rings. The van der Waals surface area contributed by atoms with Crippen LogP contribution in [0.4, 0.5) is 5.82 Å². The van der Waals surface area contributed by atoms with Gasteiger partial charge in [0.15, 0.2) is 11.6 Å². The lowest BCUT2D eigenvalue weighted by molar-refractivity contribution is 0.346. The fraction of sp³-hybridized carbons (Fsp3) is 0.562. The van der Waals surface area contributed by atoms with Crippen LogP contribution in [-0.2, 0) is 5.66 Å². The molecule has 2 aromatic rings. The van der Waals surface area contributed by atoms with Crippen LogP contribution < -0.4 is 22.1 Å². The molecule has 7 N–H and O–H groups in total. The molecule has 0 bridgehead atoms. The van der Waals surface area contributed by atoms with Crippen molar-refractivity contribution in [3.05, 3.63) is 29.2 Å². The molecule has 25 heavy (non-hydrogen) atoms. The van der Waals surface area contributed by atoms with Crippen LogP contribution in [0.2, 0.25) is 0 Å². The predicted octanol–water partition coefficient (Wildman–Crippen LogP) is 0.308. The van der Waals surface area contributed by atoms with Gasteiger partial charge in [0, 0.05) is 11.6 Å². The number of nitrogens with one attached hydrogen (secondary N) is 3. The Labute approximate surface area is 145 Å². The number of rotatable bonds is 3. The largest absolute Gasteiger partial charge is 0.370 e. The minimum atomic E-state index is -1.11. The first-order valence-corrected chi connectivity index (χ1v) is 8.91. The highest BCUT2D eigenvalue weighted by atomic mass is 15.4. The van der Waals surface area contributed by atoms with Crippen molar-refractivity contribution in [3.8, 4) is 0 Å². The van der Waals surface area contributed by atoms with E-state index < -0.39 is 5.66 Å². The Morgan fingerprint density at radius 2 is 2.00 bits per heavy atom. The highest BCUT2D eigenvalue weighted by Crippen LogP contribution is 2.42. The highest BCUT2D eigenvalue weighted by Gasteiger charge is 2.41. The normalized spacial score (nSPS) is 26.8. The van der Waals surface area contributed by atoms with Crippen molar-refractivity contribution in [1.29, 1.82) is 0 Å². The second-order valence-electron chi connectivity index (χ2n) is 7.20. The topological polar surface area (TPSA) is 135 Å². The van der Waals surface area contributed by atoms with Gasteiger partial charge in [-0.3, -0.25) is 10.8 Å². The minimum absolute atomic E-state index is 0.293. The summed E-state index contributed by atoms with van der Waals surface area (Å²) in [5.41, 5.74) is 14.3. The van der Waals surface area contributed by atoms with E-state index in [2.05, 4.69) is 30.9 Å².